The fourth-order valence-corrected chi connectivity index (χ4v) is 4.48. The molecule has 1 aliphatic carbocycles. The number of rotatable bonds is 11. The Kier molecular flexibility index (Phi) is 13.3. The summed E-state index contributed by atoms with van der Waals surface area (Å²) in [5.74, 6) is -1.26. The van der Waals surface area contributed by atoms with Crippen LogP contribution in [0.25, 0.3) is 0 Å². The molecule has 0 aromatic heterocycles. The van der Waals surface area contributed by atoms with Crippen LogP contribution in [0.1, 0.15) is 128 Å². The van der Waals surface area contributed by atoms with Gasteiger partial charge in [-0.25, -0.2) is 0 Å². The predicted octanol–water partition coefficient (Wildman–Crippen LogP) is 6.96. The maximum atomic E-state index is 12.1. The van der Waals surface area contributed by atoms with Gasteiger partial charge in [-0.2, -0.15) is 0 Å². The highest BCUT2D eigenvalue weighted by Crippen LogP contribution is 2.38. The molecule has 0 heterocycles. The van der Waals surface area contributed by atoms with E-state index in [2.05, 4.69) is 0 Å². The van der Waals surface area contributed by atoms with E-state index in [1.165, 1.54) is 44.9 Å². The lowest BCUT2D eigenvalue weighted by Gasteiger charge is -2.30. The Morgan fingerprint density at radius 2 is 1.00 bits per heavy atom. The third-order valence-electron chi connectivity index (χ3n) is 6.31. The third-order valence-corrected chi connectivity index (χ3v) is 6.31. The van der Waals surface area contributed by atoms with Gasteiger partial charge < -0.3 is 10.2 Å². The van der Waals surface area contributed by atoms with Gasteiger partial charge in [0.15, 0.2) is 0 Å². The number of aliphatic carboxylic acids is 2. The van der Waals surface area contributed by atoms with Crippen LogP contribution in [0.4, 0.5) is 0 Å². The van der Waals surface area contributed by atoms with E-state index in [9.17, 15) is 14.7 Å². The normalized spacial score (nSPS) is 19.0. The SMILES string of the molecule is O=C(O)CCCCCCCCCC1(C(=O)O)CCCCCCCCCCC1. The average molecular weight is 383 g/mol. The van der Waals surface area contributed by atoms with Crippen LogP contribution in [-0.4, -0.2) is 22.2 Å². The van der Waals surface area contributed by atoms with Crippen LogP contribution >= 0.6 is 0 Å². The van der Waals surface area contributed by atoms with Gasteiger partial charge in [0.2, 0.25) is 0 Å². The van der Waals surface area contributed by atoms with Crippen molar-refractivity contribution < 1.29 is 19.8 Å². The van der Waals surface area contributed by atoms with E-state index in [0.29, 0.717) is 0 Å². The lowest BCUT2D eigenvalue weighted by atomic mass is 9.74. The zero-order chi connectivity index (χ0) is 19.8. The van der Waals surface area contributed by atoms with Crippen molar-refractivity contribution in [1.82, 2.24) is 0 Å². The Morgan fingerprint density at radius 1 is 0.593 bits per heavy atom. The highest BCUT2D eigenvalue weighted by molar-refractivity contribution is 5.74. The Labute approximate surface area is 166 Å². The van der Waals surface area contributed by atoms with Crippen molar-refractivity contribution in [3.63, 3.8) is 0 Å². The second kappa shape index (κ2) is 14.9. The molecular formula is C23H42O4. The van der Waals surface area contributed by atoms with Gasteiger partial charge in [-0.3, -0.25) is 9.59 Å². The average Bonchev–Trinajstić information content (AvgIpc) is 2.61. The van der Waals surface area contributed by atoms with Gasteiger partial charge in [-0.05, 0) is 25.7 Å². The molecule has 0 bridgehead atoms. The van der Waals surface area contributed by atoms with E-state index < -0.39 is 17.4 Å². The molecule has 0 unspecified atom stereocenters. The molecule has 27 heavy (non-hydrogen) atoms. The van der Waals surface area contributed by atoms with Crippen molar-refractivity contribution in [2.45, 2.75) is 128 Å². The van der Waals surface area contributed by atoms with Gasteiger partial charge in [0.05, 0.1) is 5.41 Å². The van der Waals surface area contributed by atoms with Crippen LogP contribution in [0.3, 0.4) is 0 Å². The summed E-state index contributed by atoms with van der Waals surface area (Å²) < 4.78 is 0. The highest BCUT2D eigenvalue weighted by Gasteiger charge is 2.36. The molecule has 1 saturated carbocycles. The molecule has 1 fully saturated rings. The lowest BCUT2D eigenvalue weighted by molar-refractivity contribution is -0.151. The van der Waals surface area contributed by atoms with Crippen LogP contribution in [0.5, 0.6) is 0 Å². The van der Waals surface area contributed by atoms with E-state index in [1.54, 1.807) is 0 Å². The van der Waals surface area contributed by atoms with Crippen LogP contribution < -0.4 is 0 Å². The highest BCUT2D eigenvalue weighted by atomic mass is 16.4. The molecule has 0 saturated heterocycles. The number of carbonyl (C=O) groups is 2. The molecule has 158 valence electrons. The number of carboxylic acid groups (broad SMARTS) is 2. The Balaban J connectivity index is 2.31. The molecule has 2 N–H and O–H groups in total. The molecule has 0 aromatic carbocycles. The molecule has 0 aromatic rings. The van der Waals surface area contributed by atoms with Crippen LogP contribution in [0, 0.1) is 5.41 Å². The molecule has 0 radical (unpaired) electrons. The zero-order valence-corrected chi connectivity index (χ0v) is 17.4. The standard InChI is InChI=1S/C23H42O4/c24-21(25)17-13-9-5-4-8-12-16-20-23(22(26)27)18-14-10-6-2-1-3-7-11-15-19-23/h1-20H2,(H,24,25)(H,26,27). The first-order chi connectivity index (χ1) is 13.1. The van der Waals surface area contributed by atoms with Gasteiger partial charge in [0.1, 0.15) is 0 Å². The molecular weight excluding hydrogens is 340 g/mol. The minimum absolute atomic E-state index is 0.279. The smallest absolute Gasteiger partial charge is 0.309 e. The van der Waals surface area contributed by atoms with Gasteiger partial charge in [-0.1, -0.05) is 96.3 Å². The minimum Gasteiger partial charge on any atom is -0.481 e. The fourth-order valence-electron chi connectivity index (χ4n) is 4.48. The predicted molar refractivity (Wildman–Crippen MR) is 110 cm³/mol. The lowest BCUT2D eigenvalue weighted by Crippen LogP contribution is -2.31. The first kappa shape index (κ1) is 24.0. The molecule has 1 rings (SSSR count). The number of hydrogen-bond donors (Lipinski definition) is 2. The van der Waals surface area contributed by atoms with Crippen LogP contribution in [0.2, 0.25) is 0 Å². The van der Waals surface area contributed by atoms with E-state index >= 15 is 0 Å². The van der Waals surface area contributed by atoms with Crippen molar-refractivity contribution in [2.75, 3.05) is 0 Å². The summed E-state index contributed by atoms with van der Waals surface area (Å²) in [7, 11) is 0. The summed E-state index contributed by atoms with van der Waals surface area (Å²) in [6.45, 7) is 0. The zero-order valence-electron chi connectivity index (χ0n) is 17.4. The maximum Gasteiger partial charge on any atom is 0.309 e. The van der Waals surface area contributed by atoms with E-state index in [4.69, 9.17) is 5.11 Å². The largest absolute Gasteiger partial charge is 0.481 e. The molecule has 4 nitrogen and oxygen atoms in total. The molecule has 0 amide bonds. The summed E-state index contributed by atoms with van der Waals surface area (Å²) in [6.07, 6.45) is 21.1. The van der Waals surface area contributed by atoms with E-state index in [-0.39, 0.29) is 6.42 Å². The first-order valence-electron chi connectivity index (χ1n) is 11.5. The minimum atomic E-state index is -0.703. The van der Waals surface area contributed by atoms with E-state index in [0.717, 1.165) is 77.0 Å². The Bertz CT molecular complexity index is 393. The molecule has 0 atom stereocenters. The monoisotopic (exact) mass is 382 g/mol. The van der Waals surface area contributed by atoms with Crippen LogP contribution in [-0.2, 0) is 9.59 Å². The van der Waals surface area contributed by atoms with Crippen molar-refractivity contribution >= 4 is 11.9 Å². The van der Waals surface area contributed by atoms with Crippen molar-refractivity contribution in [1.29, 1.82) is 0 Å². The fraction of sp³-hybridized carbons (Fsp3) is 0.913. The summed E-state index contributed by atoms with van der Waals surface area (Å²) in [5.41, 5.74) is -0.485. The van der Waals surface area contributed by atoms with Crippen molar-refractivity contribution in [2.24, 2.45) is 5.41 Å². The molecule has 1 aliphatic rings. The summed E-state index contributed by atoms with van der Waals surface area (Å²) >= 11 is 0. The van der Waals surface area contributed by atoms with Crippen molar-refractivity contribution in [3.8, 4) is 0 Å². The summed E-state index contributed by atoms with van der Waals surface area (Å²) in [4.78, 5) is 22.6. The van der Waals surface area contributed by atoms with Crippen LogP contribution in [0.15, 0.2) is 0 Å². The molecule has 0 spiro atoms. The Hall–Kier alpha value is -1.06. The first-order valence-corrected chi connectivity index (χ1v) is 11.5. The third kappa shape index (κ3) is 11.4. The maximum absolute atomic E-state index is 12.1. The molecule has 0 aliphatic heterocycles. The number of carboxylic acids is 2. The van der Waals surface area contributed by atoms with Gasteiger partial charge in [-0.15, -0.1) is 0 Å². The van der Waals surface area contributed by atoms with Gasteiger partial charge in [0, 0.05) is 6.42 Å². The van der Waals surface area contributed by atoms with Gasteiger partial charge in [0.25, 0.3) is 0 Å². The second-order valence-electron chi connectivity index (χ2n) is 8.64. The number of unbranched alkanes of at least 4 members (excludes halogenated alkanes) is 6. The summed E-state index contributed by atoms with van der Waals surface area (Å²) in [6, 6.07) is 0. The topological polar surface area (TPSA) is 74.6 Å². The van der Waals surface area contributed by atoms with Gasteiger partial charge >= 0.3 is 11.9 Å². The number of hydrogen-bond acceptors (Lipinski definition) is 2. The second-order valence-corrected chi connectivity index (χ2v) is 8.64. The van der Waals surface area contributed by atoms with E-state index in [1.807, 2.05) is 0 Å². The molecule has 4 heteroatoms. The summed E-state index contributed by atoms with van der Waals surface area (Å²) in [5, 5.41) is 18.6. The Morgan fingerprint density at radius 3 is 1.44 bits per heavy atom. The quantitative estimate of drug-likeness (QED) is 0.379. The van der Waals surface area contributed by atoms with Crippen molar-refractivity contribution in [3.05, 3.63) is 0 Å².